The lowest BCUT2D eigenvalue weighted by atomic mass is 9.74. The Labute approximate surface area is 263 Å². The summed E-state index contributed by atoms with van der Waals surface area (Å²) in [6.45, 7) is 14.4. The number of piperidine rings is 1. The molecule has 2 aromatic heterocycles. The van der Waals surface area contributed by atoms with Crippen molar-refractivity contribution in [2.75, 3.05) is 39.4 Å². The molecule has 0 radical (unpaired) electrons. The van der Waals surface area contributed by atoms with Gasteiger partial charge < -0.3 is 33.6 Å². The van der Waals surface area contributed by atoms with Gasteiger partial charge in [0.05, 0.1) is 42.2 Å². The maximum atomic E-state index is 14.8. The van der Waals surface area contributed by atoms with E-state index in [0.717, 1.165) is 5.52 Å². The number of aromatic nitrogens is 4. The van der Waals surface area contributed by atoms with E-state index >= 15 is 0 Å². The number of hydrogen-bond acceptors (Lipinski definition) is 8. The van der Waals surface area contributed by atoms with Crippen LogP contribution in [-0.2, 0) is 22.5 Å². The minimum atomic E-state index is -1.10. The van der Waals surface area contributed by atoms with Crippen LogP contribution in [0.5, 0.6) is 0 Å². The third-order valence-corrected chi connectivity index (χ3v) is 8.64. The Morgan fingerprint density at radius 1 is 1.11 bits per heavy atom. The number of ether oxygens (including phenoxy) is 1. The molecule has 0 saturated carbocycles. The van der Waals surface area contributed by atoms with Gasteiger partial charge in [0.15, 0.2) is 11.6 Å². The van der Waals surface area contributed by atoms with Crippen molar-refractivity contribution < 1.29 is 28.8 Å². The number of fused-ring (bicyclic) bond motifs is 1. The molecule has 1 N–H and O–H groups in total. The molecule has 1 unspecified atom stereocenters. The molecule has 0 aliphatic carbocycles. The number of carbonyl (C=O) groups excluding carboxylic acids is 2. The van der Waals surface area contributed by atoms with E-state index in [1.807, 2.05) is 63.5 Å². The zero-order valence-electron chi connectivity index (χ0n) is 27.1. The Balaban J connectivity index is 1.56. The van der Waals surface area contributed by atoms with Gasteiger partial charge >= 0.3 is 6.09 Å². The van der Waals surface area contributed by atoms with Crippen molar-refractivity contribution in [2.45, 2.75) is 73.0 Å². The summed E-state index contributed by atoms with van der Waals surface area (Å²) in [5.41, 5.74) is 0.947. The summed E-state index contributed by atoms with van der Waals surface area (Å²) >= 11 is 0. The van der Waals surface area contributed by atoms with Gasteiger partial charge in [-0.2, -0.15) is 4.98 Å². The number of carboxylic acid groups (broad SMARTS) is 1. The van der Waals surface area contributed by atoms with Crippen molar-refractivity contribution in [3.05, 3.63) is 41.8 Å². The molecule has 5 rings (SSSR count). The molecule has 1 aromatic carbocycles. The molecular weight excluding hydrogens is 578 g/mol. The SMILES string of the molecule is Cc1noc(CCn2c(C(=O)N(CC(C)C)[C@H]3C[C@@H](C(=O)N4CCOCC4)CN(C(=O)O)C3C(C)(C)C)nc3ccccc32)n1. The minimum Gasteiger partial charge on any atom is -0.465 e. The molecule has 2 saturated heterocycles. The molecule has 2 aliphatic rings. The molecule has 3 atom stereocenters. The van der Waals surface area contributed by atoms with Crippen LogP contribution in [0.3, 0.4) is 0 Å². The highest BCUT2D eigenvalue weighted by molar-refractivity contribution is 5.95. The van der Waals surface area contributed by atoms with Gasteiger partial charge in [-0.3, -0.25) is 9.59 Å². The number of aryl methyl sites for hydroxylation is 3. The zero-order chi connectivity index (χ0) is 32.5. The van der Waals surface area contributed by atoms with E-state index < -0.39 is 29.5 Å². The van der Waals surface area contributed by atoms with Gasteiger partial charge in [-0.25, -0.2) is 9.78 Å². The van der Waals surface area contributed by atoms with Crippen LogP contribution in [0.15, 0.2) is 28.8 Å². The number of amides is 3. The van der Waals surface area contributed by atoms with Crippen molar-refractivity contribution in [1.82, 2.24) is 34.4 Å². The maximum absolute atomic E-state index is 14.8. The lowest BCUT2D eigenvalue weighted by molar-refractivity contribution is -0.144. The average molecular weight is 624 g/mol. The Kier molecular flexibility index (Phi) is 9.47. The first kappa shape index (κ1) is 32.4. The van der Waals surface area contributed by atoms with Crippen LogP contribution in [0.2, 0.25) is 0 Å². The van der Waals surface area contributed by atoms with E-state index in [9.17, 15) is 19.5 Å². The predicted molar refractivity (Wildman–Crippen MR) is 166 cm³/mol. The summed E-state index contributed by atoms with van der Waals surface area (Å²) in [6, 6.07) is 6.46. The van der Waals surface area contributed by atoms with E-state index in [1.165, 1.54) is 4.90 Å². The van der Waals surface area contributed by atoms with Crippen LogP contribution in [0.4, 0.5) is 4.79 Å². The number of likely N-dealkylation sites (tertiary alicyclic amines) is 1. The number of rotatable bonds is 8. The Bertz CT molecular complexity index is 1520. The quantitative estimate of drug-likeness (QED) is 0.397. The van der Waals surface area contributed by atoms with Crippen LogP contribution >= 0.6 is 0 Å². The van der Waals surface area contributed by atoms with Crippen molar-refractivity contribution in [3.8, 4) is 0 Å². The number of para-hydroxylation sites is 2. The summed E-state index contributed by atoms with van der Waals surface area (Å²) < 4.78 is 12.7. The van der Waals surface area contributed by atoms with Crippen molar-refractivity contribution in [3.63, 3.8) is 0 Å². The first-order chi connectivity index (χ1) is 21.3. The van der Waals surface area contributed by atoms with Gasteiger partial charge in [0.25, 0.3) is 5.91 Å². The number of imidazole rings is 1. The molecule has 0 spiro atoms. The van der Waals surface area contributed by atoms with Crippen LogP contribution < -0.4 is 0 Å². The van der Waals surface area contributed by atoms with E-state index in [2.05, 4.69) is 10.1 Å². The number of carbonyl (C=O) groups is 3. The summed E-state index contributed by atoms with van der Waals surface area (Å²) in [6.07, 6.45) is -0.344. The lowest BCUT2D eigenvalue weighted by Crippen LogP contribution is -2.66. The highest BCUT2D eigenvalue weighted by Crippen LogP contribution is 2.38. The standard InChI is InChI=1S/C32H45N7O6/c1-20(2)18-38(30(41)28-34-23-9-7-8-10-24(23)37(28)12-11-26-33-21(3)35-45-26)25-17-22(29(40)36-13-15-44-16-14-36)19-39(31(42)43)27(25)32(4,5)6/h7-10,20,22,25,27H,11-19H2,1-6H3,(H,42,43)/t22-,25+,27?/m1/s1. The van der Waals surface area contributed by atoms with Crippen LogP contribution in [0, 0.1) is 24.2 Å². The monoisotopic (exact) mass is 623 g/mol. The Hall–Kier alpha value is -4.00. The number of morpholine rings is 1. The maximum Gasteiger partial charge on any atom is 0.407 e. The fourth-order valence-electron chi connectivity index (χ4n) is 6.82. The van der Waals surface area contributed by atoms with Crippen molar-refractivity contribution in [2.24, 2.45) is 17.3 Å². The third-order valence-electron chi connectivity index (χ3n) is 8.64. The topological polar surface area (TPSA) is 147 Å². The molecule has 3 aromatic rings. The molecule has 0 bridgehead atoms. The average Bonchev–Trinajstić information content (AvgIpc) is 3.60. The van der Waals surface area contributed by atoms with Gasteiger partial charge in [0, 0.05) is 39.1 Å². The molecular formula is C32H45N7O6. The lowest BCUT2D eigenvalue weighted by Gasteiger charge is -2.52. The number of nitrogens with zero attached hydrogens (tertiary/aromatic N) is 7. The molecule has 3 amide bonds. The van der Waals surface area contributed by atoms with E-state index in [0.29, 0.717) is 69.5 Å². The predicted octanol–water partition coefficient (Wildman–Crippen LogP) is 3.71. The van der Waals surface area contributed by atoms with Crippen LogP contribution in [0.25, 0.3) is 11.0 Å². The summed E-state index contributed by atoms with van der Waals surface area (Å²) in [7, 11) is 0. The highest BCUT2D eigenvalue weighted by atomic mass is 16.5. The first-order valence-electron chi connectivity index (χ1n) is 15.8. The molecule has 45 heavy (non-hydrogen) atoms. The summed E-state index contributed by atoms with van der Waals surface area (Å²) in [5.74, 6) is 0.335. The fraction of sp³-hybridized carbons (Fsp3) is 0.625. The zero-order valence-corrected chi connectivity index (χ0v) is 27.1. The Morgan fingerprint density at radius 2 is 1.82 bits per heavy atom. The van der Waals surface area contributed by atoms with Crippen LogP contribution in [-0.4, -0.2) is 109 Å². The number of hydrogen-bond donors (Lipinski definition) is 1. The minimum absolute atomic E-state index is 0.0716. The molecule has 2 fully saturated rings. The summed E-state index contributed by atoms with van der Waals surface area (Å²) in [4.78, 5) is 55.5. The van der Waals surface area contributed by atoms with Gasteiger partial charge in [-0.05, 0) is 36.8 Å². The highest BCUT2D eigenvalue weighted by Gasteiger charge is 2.50. The van der Waals surface area contributed by atoms with E-state index in [4.69, 9.17) is 14.2 Å². The smallest absolute Gasteiger partial charge is 0.407 e. The molecule has 2 aliphatic heterocycles. The fourth-order valence-corrected chi connectivity index (χ4v) is 6.82. The first-order valence-corrected chi connectivity index (χ1v) is 15.8. The van der Waals surface area contributed by atoms with Crippen molar-refractivity contribution in [1.29, 1.82) is 0 Å². The van der Waals surface area contributed by atoms with Gasteiger partial charge in [-0.15, -0.1) is 0 Å². The third kappa shape index (κ3) is 6.98. The molecule has 13 nitrogen and oxygen atoms in total. The second-order valence-electron chi connectivity index (χ2n) is 13.6. The second kappa shape index (κ2) is 13.2. The normalized spacial score (nSPS) is 21.0. The number of benzene rings is 1. The molecule has 13 heteroatoms. The second-order valence-corrected chi connectivity index (χ2v) is 13.6. The van der Waals surface area contributed by atoms with Crippen LogP contribution in [0.1, 0.15) is 63.4 Å². The summed E-state index contributed by atoms with van der Waals surface area (Å²) in [5, 5.41) is 14.4. The van der Waals surface area contributed by atoms with Gasteiger partial charge in [-0.1, -0.05) is 51.9 Å². The van der Waals surface area contributed by atoms with Crippen molar-refractivity contribution >= 4 is 28.9 Å². The van der Waals surface area contributed by atoms with Gasteiger partial charge in [0.2, 0.25) is 11.8 Å². The van der Waals surface area contributed by atoms with E-state index in [1.54, 1.807) is 16.7 Å². The molecule has 244 valence electrons. The Morgan fingerprint density at radius 3 is 2.44 bits per heavy atom. The van der Waals surface area contributed by atoms with E-state index in [-0.39, 0.29) is 30.1 Å². The molecule has 4 heterocycles. The van der Waals surface area contributed by atoms with Gasteiger partial charge in [0.1, 0.15) is 0 Å². The largest absolute Gasteiger partial charge is 0.465 e.